The molecule has 0 heterocycles. The van der Waals surface area contributed by atoms with Crippen molar-refractivity contribution >= 4 is 40.8 Å². The topological polar surface area (TPSA) is 64.6 Å². The number of carbonyl (C=O) groups excluding carboxylic acids is 2. The molecule has 2 aromatic carbocycles. The maximum atomic E-state index is 12.0. The van der Waals surface area contributed by atoms with Crippen LogP contribution in [0.5, 0.6) is 5.75 Å². The molecule has 0 aliphatic carbocycles. The molecular weight excluding hydrogens is 377 g/mol. The molecule has 1 N–H and O–H groups in total. The zero-order valence-corrected chi connectivity index (χ0v) is 15.9. The molecule has 0 fully saturated rings. The third-order valence-electron chi connectivity index (χ3n) is 3.46. The molecule has 0 aromatic heterocycles. The van der Waals surface area contributed by atoms with Crippen LogP contribution in [-0.2, 0) is 14.3 Å². The molecule has 0 saturated heterocycles. The van der Waals surface area contributed by atoms with Crippen molar-refractivity contribution in [2.75, 3.05) is 18.5 Å². The molecule has 0 aliphatic heterocycles. The number of halogens is 2. The highest BCUT2D eigenvalue weighted by Gasteiger charge is 2.12. The van der Waals surface area contributed by atoms with E-state index in [0.29, 0.717) is 16.5 Å². The van der Waals surface area contributed by atoms with Gasteiger partial charge in [0.1, 0.15) is 5.75 Å². The molecular formula is C19H19Cl2NO4. The second-order valence-electron chi connectivity index (χ2n) is 5.81. The van der Waals surface area contributed by atoms with Gasteiger partial charge in [-0.25, -0.2) is 4.79 Å². The van der Waals surface area contributed by atoms with E-state index >= 15 is 0 Å². The van der Waals surface area contributed by atoms with Gasteiger partial charge in [-0.05, 0) is 35.7 Å². The van der Waals surface area contributed by atoms with Crippen LogP contribution in [0.25, 0.3) is 0 Å². The molecule has 0 aliphatic rings. The first-order chi connectivity index (χ1) is 12.4. The van der Waals surface area contributed by atoms with Gasteiger partial charge in [0.2, 0.25) is 0 Å². The van der Waals surface area contributed by atoms with Gasteiger partial charge in [0.25, 0.3) is 5.91 Å². The van der Waals surface area contributed by atoms with E-state index in [-0.39, 0.29) is 17.5 Å². The molecule has 0 bridgehead atoms. The molecule has 0 atom stereocenters. The summed E-state index contributed by atoms with van der Waals surface area (Å²) in [5.41, 5.74) is 1.71. The first-order valence-corrected chi connectivity index (χ1v) is 8.74. The Kier molecular flexibility index (Phi) is 7.30. The number of benzene rings is 2. The Hall–Kier alpha value is -2.24. The number of ether oxygens (including phenoxy) is 2. The van der Waals surface area contributed by atoms with Crippen LogP contribution in [0.4, 0.5) is 5.69 Å². The smallest absolute Gasteiger partial charge is 0.344 e. The fraction of sp³-hybridized carbons (Fsp3) is 0.263. The maximum Gasteiger partial charge on any atom is 0.344 e. The molecule has 5 nitrogen and oxygen atoms in total. The van der Waals surface area contributed by atoms with Crippen LogP contribution in [-0.4, -0.2) is 25.1 Å². The summed E-state index contributed by atoms with van der Waals surface area (Å²) in [7, 11) is 0. The van der Waals surface area contributed by atoms with Gasteiger partial charge in [-0.2, -0.15) is 0 Å². The Labute approximate surface area is 162 Å². The van der Waals surface area contributed by atoms with E-state index in [2.05, 4.69) is 5.32 Å². The lowest BCUT2D eigenvalue weighted by Gasteiger charge is -2.13. The van der Waals surface area contributed by atoms with E-state index < -0.39 is 18.5 Å². The lowest BCUT2D eigenvalue weighted by atomic mass is 10.0. The lowest BCUT2D eigenvalue weighted by molar-refractivity contribution is -0.149. The number of hydrogen-bond acceptors (Lipinski definition) is 4. The predicted octanol–water partition coefficient (Wildman–Crippen LogP) is 4.68. The Morgan fingerprint density at radius 1 is 1.08 bits per heavy atom. The first-order valence-electron chi connectivity index (χ1n) is 7.99. The standard InChI is InChI=1S/C19H19Cl2NO4/c1-12(2)14-5-3-4-6-16(14)22-18(23)10-26-19(24)11-25-17-8-7-13(20)9-15(17)21/h3-9,12H,10-11H2,1-2H3,(H,22,23). The zero-order valence-electron chi connectivity index (χ0n) is 14.4. The molecule has 2 rings (SSSR count). The highest BCUT2D eigenvalue weighted by Crippen LogP contribution is 2.27. The van der Waals surface area contributed by atoms with E-state index in [1.54, 1.807) is 18.2 Å². The Bertz CT molecular complexity index is 793. The summed E-state index contributed by atoms with van der Waals surface area (Å²) in [5.74, 6) is -0.533. The minimum atomic E-state index is -0.677. The normalized spacial score (nSPS) is 10.5. The number of hydrogen-bond donors (Lipinski definition) is 1. The molecule has 1 amide bonds. The number of carbonyl (C=O) groups is 2. The average Bonchev–Trinajstić information content (AvgIpc) is 2.59. The second kappa shape index (κ2) is 9.46. The fourth-order valence-electron chi connectivity index (χ4n) is 2.22. The summed E-state index contributed by atoms with van der Waals surface area (Å²) < 4.78 is 10.2. The summed E-state index contributed by atoms with van der Waals surface area (Å²) in [6.45, 7) is 3.30. The number of rotatable bonds is 7. The van der Waals surface area contributed by atoms with E-state index in [4.69, 9.17) is 32.7 Å². The summed E-state index contributed by atoms with van der Waals surface area (Å²) >= 11 is 11.7. The third kappa shape index (κ3) is 5.93. The van der Waals surface area contributed by atoms with Crippen molar-refractivity contribution in [2.45, 2.75) is 19.8 Å². The first kappa shape index (κ1) is 20.1. The van der Waals surface area contributed by atoms with Crippen molar-refractivity contribution < 1.29 is 19.1 Å². The molecule has 7 heteroatoms. The van der Waals surface area contributed by atoms with E-state index in [0.717, 1.165) is 5.56 Å². The minimum Gasteiger partial charge on any atom is -0.480 e. The van der Waals surface area contributed by atoms with Gasteiger partial charge in [-0.3, -0.25) is 4.79 Å². The molecule has 0 saturated carbocycles. The van der Waals surface area contributed by atoms with Crippen LogP contribution in [0, 0.1) is 0 Å². The average molecular weight is 396 g/mol. The number of para-hydroxylation sites is 1. The van der Waals surface area contributed by atoms with Gasteiger partial charge in [-0.15, -0.1) is 0 Å². The van der Waals surface area contributed by atoms with Crippen molar-refractivity contribution in [3.8, 4) is 5.75 Å². The summed E-state index contributed by atoms with van der Waals surface area (Å²) in [6.07, 6.45) is 0. The van der Waals surface area contributed by atoms with Crippen molar-refractivity contribution in [1.29, 1.82) is 0 Å². The van der Waals surface area contributed by atoms with Crippen molar-refractivity contribution in [2.24, 2.45) is 0 Å². The molecule has 138 valence electrons. The Morgan fingerprint density at radius 2 is 1.81 bits per heavy atom. The molecule has 26 heavy (non-hydrogen) atoms. The van der Waals surface area contributed by atoms with Gasteiger partial charge in [0.05, 0.1) is 5.02 Å². The van der Waals surface area contributed by atoms with E-state index in [9.17, 15) is 9.59 Å². The van der Waals surface area contributed by atoms with Crippen LogP contribution in [0.1, 0.15) is 25.3 Å². The SMILES string of the molecule is CC(C)c1ccccc1NC(=O)COC(=O)COc1ccc(Cl)cc1Cl. The molecule has 0 spiro atoms. The number of nitrogens with one attached hydrogen (secondary N) is 1. The largest absolute Gasteiger partial charge is 0.480 e. The molecule has 0 radical (unpaired) electrons. The predicted molar refractivity (Wildman–Crippen MR) is 102 cm³/mol. The number of esters is 1. The van der Waals surface area contributed by atoms with Gasteiger partial charge in [-0.1, -0.05) is 55.2 Å². The maximum absolute atomic E-state index is 12.0. The summed E-state index contributed by atoms with van der Waals surface area (Å²) in [5, 5.41) is 3.49. The van der Waals surface area contributed by atoms with Gasteiger partial charge < -0.3 is 14.8 Å². The molecule has 0 unspecified atom stereocenters. The van der Waals surface area contributed by atoms with Crippen LogP contribution in [0.15, 0.2) is 42.5 Å². The minimum absolute atomic E-state index is 0.256. The van der Waals surface area contributed by atoms with Crippen LogP contribution < -0.4 is 10.1 Å². The third-order valence-corrected chi connectivity index (χ3v) is 3.99. The van der Waals surface area contributed by atoms with Crippen LogP contribution in [0.2, 0.25) is 10.0 Å². The Morgan fingerprint density at radius 3 is 2.50 bits per heavy atom. The highest BCUT2D eigenvalue weighted by atomic mass is 35.5. The van der Waals surface area contributed by atoms with Crippen molar-refractivity contribution in [1.82, 2.24) is 0 Å². The van der Waals surface area contributed by atoms with Gasteiger partial charge in [0, 0.05) is 10.7 Å². The number of amides is 1. The quantitative estimate of drug-likeness (QED) is 0.691. The van der Waals surface area contributed by atoms with Gasteiger partial charge in [0.15, 0.2) is 13.2 Å². The van der Waals surface area contributed by atoms with Crippen molar-refractivity contribution in [3.63, 3.8) is 0 Å². The van der Waals surface area contributed by atoms with Crippen LogP contribution >= 0.6 is 23.2 Å². The highest BCUT2D eigenvalue weighted by molar-refractivity contribution is 6.35. The zero-order chi connectivity index (χ0) is 19.1. The van der Waals surface area contributed by atoms with Crippen molar-refractivity contribution in [3.05, 3.63) is 58.1 Å². The molecule has 2 aromatic rings. The summed E-state index contributed by atoms with van der Waals surface area (Å²) in [4.78, 5) is 23.7. The van der Waals surface area contributed by atoms with E-state index in [1.807, 2.05) is 32.0 Å². The van der Waals surface area contributed by atoms with Gasteiger partial charge >= 0.3 is 5.97 Å². The van der Waals surface area contributed by atoms with Crippen LogP contribution in [0.3, 0.4) is 0 Å². The monoisotopic (exact) mass is 395 g/mol. The second-order valence-corrected chi connectivity index (χ2v) is 6.66. The lowest BCUT2D eigenvalue weighted by Crippen LogP contribution is -2.24. The Balaban J connectivity index is 1.81. The summed E-state index contributed by atoms with van der Waals surface area (Å²) in [6, 6.07) is 12.1. The van der Waals surface area contributed by atoms with E-state index in [1.165, 1.54) is 6.07 Å². The number of anilines is 1. The fourth-order valence-corrected chi connectivity index (χ4v) is 2.68.